The van der Waals surface area contributed by atoms with Crippen LogP contribution in [0.4, 0.5) is 11.4 Å². The van der Waals surface area contributed by atoms with Crippen molar-refractivity contribution in [3.05, 3.63) is 50.7 Å². The number of anilines is 1. The van der Waals surface area contributed by atoms with Crippen molar-refractivity contribution in [2.45, 2.75) is 13.1 Å². The lowest BCUT2D eigenvalue weighted by atomic mass is 10.2. The van der Waals surface area contributed by atoms with Gasteiger partial charge in [-0.05, 0) is 12.1 Å². The van der Waals surface area contributed by atoms with Crippen molar-refractivity contribution < 1.29 is 9.72 Å². The predicted octanol–water partition coefficient (Wildman–Crippen LogP) is 1.65. The Kier molecular flexibility index (Phi) is 4.53. The van der Waals surface area contributed by atoms with E-state index in [9.17, 15) is 14.9 Å². The molecule has 0 unspecified atom stereocenters. The number of halogens is 1. The predicted molar refractivity (Wildman–Crippen MR) is 79.5 cm³/mol. The van der Waals surface area contributed by atoms with E-state index in [0.717, 1.165) is 4.47 Å². The lowest BCUT2D eigenvalue weighted by Gasteiger charge is -2.05. The molecule has 1 amide bonds. The first-order chi connectivity index (χ1) is 9.95. The second-order valence-electron chi connectivity index (χ2n) is 4.28. The minimum absolute atomic E-state index is 0.0152. The highest BCUT2D eigenvalue weighted by atomic mass is 79.9. The molecule has 1 aromatic carbocycles. The number of carbonyl (C=O) groups is 1. The van der Waals surface area contributed by atoms with Crippen molar-refractivity contribution in [3.63, 3.8) is 0 Å². The third-order valence-electron chi connectivity index (χ3n) is 2.67. The van der Waals surface area contributed by atoms with Crippen LogP contribution in [0.15, 0.2) is 35.1 Å². The SMILES string of the molecule is NC(=O)Cn1cc(NCc2cc(Br)ccc2[N+](=O)[O-])cn1. The summed E-state index contributed by atoms with van der Waals surface area (Å²) in [6, 6.07) is 4.74. The van der Waals surface area contributed by atoms with E-state index in [1.807, 2.05) is 0 Å². The minimum Gasteiger partial charge on any atom is -0.378 e. The van der Waals surface area contributed by atoms with E-state index in [-0.39, 0.29) is 18.8 Å². The number of rotatable bonds is 6. The molecule has 21 heavy (non-hydrogen) atoms. The normalized spacial score (nSPS) is 10.3. The number of amides is 1. The first-order valence-electron chi connectivity index (χ1n) is 5.93. The number of carbonyl (C=O) groups excluding carboxylic acids is 1. The Hall–Kier alpha value is -2.42. The summed E-state index contributed by atoms with van der Waals surface area (Å²) in [7, 11) is 0. The van der Waals surface area contributed by atoms with E-state index in [2.05, 4.69) is 26.3 Å². The number of nitro benzene ring substituents is 1. The van der Waals surface area contributed by atoms with Crippen molar-refractivity contribution in [2.24, 2.45) is 5.73 Å². The van der Waals surface area contributed by atoms with Crippen LogP contribution in [0, 0.1) is 10.1 Å². The fourth-order valence-corrected chi connectivity index (χ4v) is 2.18. The number of hydrogen-bond acceptors (Lipinski definition) is 5. The molecule has 110 valence electrons. The largest absolute Gasteiger partial charge is 0.378 e. The van der Waals surface area contributed by atoms with Crippen LogP contribution in [0.25, 0.3) is 0 Å². The molecule has 0 aliphatic rings. The second kappa shape index (κ2) is 6.35. The summed E-state index contributed by atoms with van der Waals surface area (Å²) >= 11 is 3.28. The summed E-state index contributed by atoms with van der Waals surface area (Å²) in [5.41, 5.74) is 6.29. The highest BCUT2D eigenvalue weighted by Crippen LogP contribution is 2.23. The summed E-state index contributed by atoms with van der Waals surface area (Å²) in [6.45, 7) is 0.247. The van der Waals surface area contributed by atoms with Gasteiger partial charge in [-0.25, -0.2) is 0 Å². The van der Waals surface area contributed by atoms with Gasteiger partial charge in [0.25, 0.3) is 5.69 Å². The Morgan fingerprint density at radius 2 is 2.29 bits per heavy atom. The maximum atomic E-state index is 11.0. The fourth-order valence-electron chi connectivity index (χ4n) is 1.77. The summed E-state index contributed by atoms with van der Waals surface area (Å²) < 4.78 is 2.15. The van der Waals surface area contributed by atoms with Crippen LogP contribution in [0.5, 0.6) is 0 Å². The average molecular weight is 354 g/mol. The maximum absolute atomic E-state index is 11.0. The van der Waals surface area contributed by atoms with Gasteiger partial charge in [0.15, 0.2) is 0 Å². The smallest absolute Gasteiger partial charge is 0.274 e. The summed E-state index contributed by atoms with van der Waals surface area (Å²) in [6.07, 6.45) is 3.13. The highest BCUT2D eigenvalue weighted by Gasteiger charge is 2.13. The van der Waals surface area contributed by atoms with Crippen LogP contribution in [0.2, 0.25) is 0 Å². The molecule has 0 aliphatic carbocycles. The van der Waals surface area contributed by atoms with Crippen LogP contribution < -0.4 is 11.1 Å². The maximum Gasteiger partial charge on any atom is 0.274 e. The summed E-state index contributed by atoms with van der Waals surface area (Å²) in [5.74, 6) is -0.493. The number of nitro groups is 1. The van der Waals surface area contributed by atoms with E-state index < -0.39 is 10.8 Å². The summed E-state index contributed by atoms with van der Waals surface area (Å²) in [4.78, 5) is 21.3. The topological polar surface area (TPSA) is 116 Å². The average Bonchev–Trinajstić information content (AvgIpc) is 2.82. The van der Waals surface area contributed by atoms with Gasteiger partial charge >= 0.3 is 0 Å². The Morgan fingerprint density at radius 1 is 1.52 bits per heavy atom. The Bertz CT molecular complexity index is 685. The molecule has 0 saturated carbocycles. The number of aromatic nitrogens is 2. The molecular weight excluding hydrogens is 342 g/mol. The molecule has 0 radical (unpaired) electrons. The third-order valence-corrected chi connectivity index (χ3v) is 3.17. The lowest BCUT2D eigenvalue weighted by molar-refractivity contribution is -0.385. The zero-order valence-electron chi connectivity index (χ0n) is 10.8. The van der Waals surface area contributed by atoms with Gasteiger partial charge in [-0.1, -0.05) is 15.9 Å². The number of hydrogen-bond donors (Lipinski definition) is 2. The third kappa shape index (κ3) is 4.02. The van der Waals surface area contributed by atoms with Gasteiger partial charge in [0.05, 0.1) is 16.8 Å². The number of primary amides is 1. The molecule has 1 heterocycles. The van der Waals surface area contributed by atoms with Gasteiger partial charge in [0.2, 0.25) is 5.91 Å². The Balaban J connectivity index is 2.09. The van der Waals surface area contributed by atoms with Crippen molar-refractivity contribution in [1.29, 1.82) is 0 Å². The van der Waals surface area contributed by atoms with Crippen LogP contribution in [0.3, 0.4) is 0 Å². The van der Waals surface area contributed by atoms with Gasteiger partial charge in [-0.15, -0.1) is 0 Å². The van der Waals surface area contributed by atoms with Gasteiger partial charge in [-0.3, -0.25) is 19.6 Å². The number of nitrogens with one attached hydrogen (secondary N) is 1. The van der Waals surface area contributed by atoms with E-state index in [4.69, 9.17) is 5.73 Å². The highest BCUT2D eigenvalue weighted by molar-refractivity contribution is 9.10. The van der Waals surface area contributed by atoms with Crippen molar-refractivity contribution >= 4 is 33.2 Å². The van der Waals surface area contributed by atoms with E-state index in [0.29, 0.717) is 11.3 Å². The molecule has 3 N–H and O–H groups in total. The number of nitrogens with two attached hydrogens (primary N) is 1. The molecule has 1 aromatic heterocycles. The van der Waals surface area contributed by atoms with Gasteiger partial charge in [-0.2, -0.15) is 5.10 Å². The van der Waals surface area contributed by atoms with Crippen LogP contribution in [-0.4, -0.2) is 20.6 Å². The molecule has 9 heteroatoms. The molecule has 0 atom stereocenters. The second-order valence-corrected chi connectivity index (χ2v) is 5.19. The number of benzene rings is 1. The first-order valence-corrected chi connectivity index (χ1v) is 6.72. The van der Waals surface area contributed by atoms with Gasteiger partial charge in [0.1, 0.15) is 6.54 Å². The zero-order valence-corrected chi connectivity index (χ0v) is 12.4. The standard InChI is InChI=1S/C12H12BrN5O3/c13-9-1-2-11(18(20)21)8(3-9)4-15-10-5-16-17(6-10)7-12(14)19/h1-3,5-6,15H,4,7H2,(H2,14,19). The molecule has 0 fully saturated rings. The first kappa shape index (κ1) is 15.0. The molecular formula is C12H12BrN5O3. The zero-order chi connectivity index (χ0) is 15.4. The van der Waals surface area contributed by atoms with E-state index in [1.165, 1.54) is 16.9 Å². The molecule has 2 rings (SSSR count). The van der Waals surface area contributed by atoms with E-state index >= 15 is 0 Å². The number of nitrogens with zero attached hydrogens (tertiary/aromatic N) is 3. The lowest BCUT2D eigenvalue weighted by Crippen LogP contribution is -2.18. The molecule has 0 spiro atoms. The van der Waals surface area contributed by atoms with Crippen LogP contribution in [0.1, 0.15) is 5.56 Å². The van der Waals surface area contributed by atoms with Crippen LogP contribution in [-0.2, 0) is 17.9 Å². The van der Waals surface area contributed by atoms with Crippen molar-refractivity contribution in [1.82, 2.24) is 9.78 Å². The quantitative estimate of drug-likeness (QED) is 0.604. The molecule has 0 saturated heterocycles. The van der Waals surface area contributed by atoms with Crippen molar-refractivity contribution in [3.8, 4) is 0 Å². The van der Waals surface area contributed by atoms with E-state index in [1.54, 1.807) is 18.3 Å². The minimum atomic E-state index is -0.493. The van der Waals surface area contributed by atoms with Crippen LogP contribution >= 0.6 is 15.9 Å². The van der Waals surface area contributed by atoms with Gasteiger partial charge < -0.3 is 11.1 Å². The molecule has 0 bridgehead atoms. The Labute approximate surface area is 128 Å². The van der Waals surface area contributed by atoms with Gasteiger partial charge in [0, 0.05) is 28.8 Å². The molecule has 8 nitrogen and oxygen atoms in total. The molecule has 0 aliphatic heterocycles. The van der Waals surface area contributed by atoms with Crippen molar-refractivity contribution in [2.75, 3.05) is 5.32 Å². The monoisotopic (exact) mass is 353 g/mol. The molecule has 2 aromatic rings. The Morgan fingerprint density at radius 3 is 2.95 bits per heavy atom. The summed E-state index contributed by atoms with van der Waals surface area (Å²) in [5, 5.41) is 17.9. The fraction of sp³-hybridized carbons (Fsp3) is 0.167.